The molecule has 0 aliphatic rings. The summed E-state index contributed by atoms with van der Waals surface area (Å²) >= 11 is 0. The van der Waals surface area contributed by atoms with E-state index < -0.39 is 16.4 Å². The lowest BCUT2D eigenvalue weighted by atomic mass is 10.1. The minimum atomic E-state index is -0.941. The maximum Gasteiger partial charge on any atom is 0.322 e. The van der Waals surface area contributed by atoms with Crippen molar-refractivity contribution in [1.82, 2.24) is 0 Å². The predicted molar refractivity (Wildman–Crippen MR) is 42.5 cm³/mol. The Bertz CT molecular complexity index is 409. The molecule has 0 spiro atoms. The van der Waals surface area contributed by atoms with Crippen molar-refractivity contribution in [3.63, 3.8) is 0 Å². The first-order chi connectivity index (χ1) is 6.07. The average Bonchev–Trinajstić information content (AvgIpc) is 2.08. The standard InChI is InChI=1S/C8H5FN2O2/c1-5-2-3-6(4-10)8(7(5)9)11(12)13/h2-3H,1H3. The molecule has 0 bridgehead atoms. The summed E-state index contributed by atoms with van der Waals surface area (Å²) in [5.74, 6) is -0.941. The van der Waals surface area contributed by atoms with Crippen molar-refractivity contribution in [3.05, 3.63) is 39.2 Å². The third-order valence-electron chi connectivity index (χ3n) is 1.61. The summed E-state index contributed by atoms with van der Waals surface area (Å²) in [6, 6.07) is 4.13. The number of nitriles is 1. The van der Waals surface area contributed by atoms with E-state index in [0.717, 1.165) is 0 Å². The minimum Gasteiger partial charge on any atom is -0.258 e. The second-order valence-corrected chi connectivity index (χ2v) is 2.46. The van der Waals surface area contributed by atoms with E-state index in [4.69, 9.17) is 5.26 Å². The zero-order valence-electron chi connectivity index (χ0n) is 6.74. The number of nitrogens with zero attached hydrogens (tertiary/aromatic N) is 2. The Kier molecular flexibility index (Phi) is 2.24. The maximum atomic E-state index is 13.1. The Labute approximate surface area is 73.4 Å². The van der Waals surface area contributed by atoms with E-state index in [0.29, 0.717) is 0 Å². The highest BCUT2D eigenvalue weighted by Crippen LogP contribution is 2.24. The number of aryl methyl sites for hydroxylation is 1. The fourth-order valence-electron chi connectivity index (χ4n) is 0.934. The molecule has 1 aromatic rings. The molecule has 5 heteroatoms. The molecule has 0 unspecified atom stereocenters. The molecule has 4 nitrogen and oxygen atoms in total. The van der Waals surface area contributed by atoms with Gasteiger partial charge in [-0.25, -0.2) is 0 Å². The van der Waals surface area contributed by atoms with Crippen LogP contribution in [0.1, 0.15) is 11.1 Å². The number of hydrogen-bond acceptors (Lipinski definition) is 3. The fraction of sp³-hybridized carbons (Fsp3) is 0.125. The Balaban J connectivity index is 3.53. The highest BCUT2D eigenvalue weighted by molar-refractivity contribution is 5.51. The van der Waals surface area contributed by atoms with E-state index >= 15 is 0 Å². The zero-order chi connectivity index (χ0) is 10.0. The lowest BCUT2D eigenvalue weighted by Gasteiger charge is -1.98. The highest BCUT2D eigenvalue weighted by Gasteiger charge is 2.21. The lowest BCUT2D eigenvalue weighted by Crippen LogP contribution is -1.98. The van der Waals surface area contributed by atoms with Gasteiger partial charge in [0, 0.05) is 0 Å². The first kappa shape index (κ1) is 9.13. The van der Waals surface area contributed by atoms with Gasteiger partial charge < -0.3 is 0 Å². The largest absolute Gasteiger partial charge is 0.322 e. The third-order valence-corrected chi connectivity index (χ3v) is 1.61. The molecule has 0 aliphatic carbocycles. The van der Waals surface area contributed by atoms with Gasteiger partial charge in [0.2, 0.25) is 5.82 Å². The van der Waals surface area contributed by atoms with E-state index in [-0.39, 0.29) is 11.1 Å². The van der Waals surface area contributed by atoms with E-state index in [1.807, 2.05) is 0 Å². The van der Waals surface area contributed by atoms with Crippen LogP contribution in [0, 0.1) is 34.2 Å². The Morgan fingerprint density at radius 1 is 1.62 bits per heavy atom. The Morgan fingerprint density at radius 2 is 2.23 bits per heavy atom. The number of halogens is 1. The molecule has 0 aliphatic heterocycles. The molecule has 0 N–H and O–H groups in total. The molecular formula is C8H5FN2O2. The van der Waals surface area contributed by atoms with Gasteiger partial charge in [-0.1, -0.05) is 6.07 Å². The van der Waals surface area contributed by atoms with Crippen molar-refractivity contribution in [2.75, 3.05) is 0 Å². The van der Waals surface area contributed by atoms with Crippen molar-refractivity contribution in [1.29, 1.82) is 5.26 Å². The normalized spacial score (nSPS) is 9.31. The van der Waals surface area contributed by atoms with Crippen LogP contribution < -0.4 is 0 Å². The monoisotopic (exact) mass is 180 g/mol. The topological polar surface area (TPSA) is 66.9 Å². The molecule has 0 amide bonds. The van der Waals surface area contributed by atoms with Crippen molar-refractivity contribution < 1.29 is 9.31 Å². The van der Waals surface area contributed by atoms with Crippen LogP contribution in [0.4, 0.5) is 10.1 Å². The van der Waals surface area contributed by atoms with E-state index in [2.05, 4.69) is 0 Å². The van der Waals surface area contributed by atoms with Crippen molar-refractivity contribution in [3.8, 4) is 6.07 Å². The summed E-state index contributed by atoms with van der Waals surface area (Å²) in [4.78, 5) is 9.48. The SMILES string of the molecule is Cc1ccc(C#N)c([N+](=O)[O-])c1F. The molecule has 1 rings (SSSR count). The number of nitro benzene ring substituents is 1. The third kappa shape index (κ3) is 1.47. The van der Waals surface area contributed by atoms with Gasteiger partial charge in [0.1, 0.15) is 11.6 Å². The number of hydrogen-bond donors (Lipinski definition) is 0. The van der Waals surface area contributed by atoms with Gasteiger partial charge >= 0.3 is 5.69 Å². The highest BCUT2D eigenvalue weighted by atomic mass is 19.1. The van der Waals surface area contributed by atoms with Gasteiger partial charge in [-0.05, 0) is 18.6 Å². The number of nitro groups is 1. The lowest BCUT2D eigenvalue weighted by molar-refractivity contribution is -0.387. The van der Waals surface area contributed by atoms with E-state index in [1.54, 1.807) is 6.07 Å². The number of rotatable bonds is 1. The summed E-state index contributed by atoms with van der Waals surface area (Å²) in [6.45, 7) is 1.41. The summed E-state index contributed by atoms with van der Waals surface area (Å²) in [6.07, 6.45) is 0. The Morgan fingerprint density at radius 3 is 2.69 bits per heavy atom. The molecule has 13 heavy (non-hydrogen) atoms. The first-order valence-electron chi connectivity index (χ1n) is 3.41. The molecule has 0 atom stereocenters. The van der Waals surface area contributed by atoms with Gasteiger partial charge in [0.15, 0.2) is 0 Å². The van der Waals surface area contributed by atoms with Gasteiger partial charge in [-0.2, -0.15) is 9.65 Å². The molecule has 0 saturated carbocycles. The molecule has 0 saturated heterocycles. The summed E-state index contributed by atoms with van der Waals surface area (Å²) in [7, 11) is 0. The van der Waals surface area contributed by atoms with Gasteiger partial charge in [-0.3, -0.25) is 10.1 Å². The smallest absolute Gasteiger partial charge is 0.258 e. The second-order valence-electron chi connectivity index (χ2n) is 2.46. The van der Waals surface area contributed by atoms with Gasteiger partial charge in [-0.15, -0.1) is 0 Å². The van der Waals surface area contributed by atoms with Crippen LogP contribution in [0.15, 0.2) is 12.1 Å². The van der Waals surface area contributed by atoms with Crippen LogP contribution in [-0.2, 0) is 0 Å². The van der Waals surface area contributed by atoms with Gasteiger partial charge in [0.05, 0.1) is 4.92 Å². The molecule has 0 heterocycles. The number of benzene rings is 1. The van der Waals surface area contributed by atoms with Crippen LogP contribution in [0.3, 0.4) is 0 Å². The van der Waals surface area contributed by atoms with Crippen LogP contribution in [0.25, 0.3) is 0 Å². The first-order valence-corrected chi connectivity index (χ1v) is 3.41. The summed E-state index contributed by atoms with van der Waals surface area (Å²) in [5, 5.41) is 18.8. The van der Waals surface area contributed by atoms with E-state index in [1.165, 1.54) is 19.1 Å². The van der Waals surface area contributed by atoms with Gasteiger partial charge in [0.25, 0.3) is 0 Å². The summed E-state index contributed by atoms with van der Waals surface area (Å²) < 4.78 is 13.1. The van der Waals surface area contributed by atoms with Crippen LogP contribution in [0.2, 0.25) is 0 Å². The van der Waals surface area contributed by atoms with Crippen molar-refractivity contribution >= 4 is 5.69 Å². The van der Waals surface area contributed by atoms with Crippen molar-refractivity contribution in [2.45, 2.75) is 6.92 Å². The van der Waals surface area contributed by atoms with E-state index in [9.17, 15) is 14.5 Å². The molecule has 0 fully saturated rings. The molecular weight excluding hydrogens is 175 g/mol. The fourth-order valence-corrected chi connectivity index (χ4v) is 0.934. The predicted octanol–water partition coefficient (Wildman–Crippen LogP) is 1.91. The quantitative estimate of drug-likeness (QED) is 0.489. The molecule has 66 valence electrons. The maximum absolute atomic E-state index is 13.1. The minimum absolute atomic E-state index is 0.158. The average molecular weight is 180 g/mol. The van der Waals surface area contributed by atoms with Crippen LogP contribution in [-0.4, -0.2) is 4.92 Å². The van der Waals surface area contributed by atoms with Crippen LogP contribution >= 0.6 is 0 Å². The van der Waals surface area contributed by atoms with Crippen LogP contribution in [0.5, 0.6) is 0 Å². The zero-order valence-corrected chi connectivity index (χ0v) is 6.74. The molecule has 1 aromatic carbocycles. The Hall–Kier alpha value is -1.96. The molecule has 0 radical (unpaired) electrons. The second kappa shape index (κ2) is 3.19. The summed E-state index contributed by atoms with van der Waals surface area (Å²) in [5.41, 5.74) is -0.846. The van der Waals surface area contributed by atoms with Crippen molar-refractivity contribution in [2.24, 2.45) is 0 Å². The molecule has 0 aromatic heterocycles.